The number of halogens is 4. The third kappa shape index (κ3) is 18.7. The second kappa shape index (κ2) is 34.4. The molecule has 0 unspecified atom stereocenters. The first kappa shape index (κ1) is 80.5. The summed E-state index contributed by atoms with van der Waals surface area (Å²) in [6, 6.07) is -0.920. The fourth-order valence-electron chi connectivity index (χ4n) is 14.9. The number of carbonyl (C=O) groups is 12. The summed E-state index contributed by atoms with van der Waals surface area (Å²) < 4.78 is 41.6. The van der Waals surface area contributed by atoms with E-state index >= 15 is 28.8 Å². The lowest BCUT2D eigenvalue weighted by atomic mass is 9.90. The first-order valence-corrected chi connectivity index (χ1v) is 36.1. The van der Waals surface area contributed by atoms with Gasteiger partial charge in [-0.3, -0.25) is 57.5 Å². The van der Waals surface area contributed by atoms with Crippen LogP contribution >= 0.6 is 11.6 Å². The lowest BCUT2D eigenvalue weighted by molar-refractivity contribution is -0.160. The lowest BCUT2D eigenvalue weighted by Crippen LogP contribution is -2.65. The minimum absolute atomic E-state index is 0.0164. The zero-order chi connectivity index (χ0) is 74.9. The van der Waals surface area contributed by atoms with Gasteiger partial charge in [0.2, 0.25) is 70.9 Å². The Hall–Kier alpha value is -7.84. The molecule has 28 heteroatoms. The summed E-state index contributed by atoms with van der Waals surface area (Å²) in [5.41, 5.74) is -0.825. The number of alkyl halides is 3. The van der Waals surface area contributed by atoms with Crippen LogP contribution in [0, 0.1) is 24.7 Å². The molecular weight excluding hydrogens is 1330 g/mol. The van der Waals surface area contributed by atoms with Gasteiger partial charge in [0.25, 0.3) is 0 Å². The summed E-state index contributed by atoms with van der Waals surface area (Å²) in [6.07, 6.45) is 0.512. The maximum Gasteiger partial charge on any atom is 0.417 e. The topological polar surface area (TPSA) is 270 Å². The van der Waals surface area contributed by atoms with Crippen LogP contribution in [0.2, 0.25) is 5.02 Å². The molecule has 0 aromatic heterocycles. The number of amides is 12. The van der Waals surface area contributed by atoms with Crippen LogP contribution in [0.25, 0.3) is 0 Å². The number of hydrogen-bond acceptors (Lipinski definition) is 12. The molecule has 101 heavy (non-hydrogen) atoms. The van der Waals surface area contributed by atoms with Gasteiger partial charge in [-0.15, -0.1) is 0 Å². The molecule has 11 atom stereocenters. The molecule has 0 bridgehead atoms. The summed E-state index contributed by atoms with van der Waals surface area (Å²) in [7, 11) is 11.4. The second-order valence-corrected chi connectivity index (χ2v) is 29.6. The van der Waals surface area contributed by atoms with E-state index in [4.69, 9.17) is 11.6 Å². The summed E-state index contributed by atoms with van der Waals surface area (Å²) in [5, 5.41) is 8.15. The van der Waals surface area contributed by atoms with E-state index in [1.54, 1.807) is 26.0 Å². The van der Waals surface area contributed by atoms with Crippen molar-refractivity contribution in [3.05, 3.63) is 69.7 Å². The van der Waals surface area contributed by atoms with Crippen LogP contribution < -0.4 is 16.0 Å². The van der Waals surface area contributed by atoms with E-state index in [-0.39, 0.29) is 75.9 Å². The Kier molecular flexibility index (Phi) is 27.4. The van der Waals surface area contributed by atoms with Crippen LogP contribution in [0.3, 0.4) is 0 Å². The normalized spacial score (nSPS) is 26.8. The number of likely N-dealkylation sites (N-methyl/N-ethyl adjacent to an activating group) is 7. The Morgan fingerprint density at radius 1 is 0.653 bits per heavy atom. The van der Waals surface area contributed by atoms with E-state index in [1.807, 2.05) is 32.9 Å². The van der Waals surface area contributed by atoms with Gasteiger partial charge >= 0.3 is 6.18 Å². The number of fused-ring (bicyclic) bond motifs is 2. The van der Waals surface area contributed by atoms with E-state index in [9.17, 15) is 41.9 Å². The standard InChI is InChI=1S/C73H106ClF3N12O12/c1-15-44(4)60-69(99)83(10)46(6)64(94)89-37-33-54(89)68(98)85(12)56(40-49-27-25-43(3)26-28-49)67(97)82(9)42-58(90)78-52(32-30-48-29-31-50(51(74)38-48)73(75,76)77)65(95)88-36-21-24-53(88)63(93)80-72(34-19-20-35-72)71(101)87(14)61(45(5)16-2)70(100)86(13)57(66(96)81(7)8)41-59(91)84(11)55(62(92)79-60)39-47-22-17-18-23-47/h25-29,31,38,44-47,52-57,60-61H,15-24,30,32-37,39-42H2,1-14H3,(H,78,90)(H,79,92)(H,80,93)/t44-,45-,46-,52-,53-,54-,55-,56-,57-,60-,61-/m0/s1. The van der Waals surface area contributed by atoms with Gasteiger partial charge in [-0.25, -0.2) is 0 Å². The fourth-order valence-corrected chi connectivity index (χ4v) is 15.2. The van der Waals surface area contributed by atoms with Gasteiger partial charge in [0.15, 0.2) is 0 Å². The average molecular weight is 1440 g/mol. The van der Waals surface area contributed by atoms with Gasteiger partial charge < -0.3 is 60.0 Å². The van der Waals surface area contributed by atoms with E-state index in [0.29, 0.717) is 37.7 Å². The van der Waals surface area contributed by atoms with Crippen LogP contribution in [0.15, 0.2) is 42.5 Å². The molecule has 12 amide bonds. The highest BCUT2D eigenvalue weighted by Gasteiger charge is 2.52. The van der Waals surface area contributed by atoms with Crippen LogP contribution in [0.5, 0.6) is 0 Å². The number of nitrogens with one attached hydrogen (secondary N) is 3. The Bertz CT molecular complexity index is 3380. The van der Waals surface area contributed by atoms with Gasteiger partial charge in [0, 0.05) is 75.9 Å². The first-order valence-electron chi connectivity index (χ1n) is 35.7. The van der Waals surface area contributed by atoms with Gasteiger partial charge in [-0.1, -0.05) is 127 Å². The molecule has 558 valence electrons. The van der Waals surface area contributed by atoms with Crippen molar-refractivity contribution in [1.29, 1.82) is 0 Å². The van der Waals surface area contributed by atoms with E-state index in [0.717, 1.165) is 53.2 Å². The van der Waals surface area contributed by atoms with Crippen molar-refractivity contribution >= 4 is 82.5 Å². The van der Waals surface area contributed by atoms with Crippen molar-refractivity contribution in [2.75, 3.05) is 76.0 Å². The Balaban J connectivity index is 1.30. The number of aryl methyl sites for hydroxylation is 2. The number of rotatable bonds is 12. The molecule has 2 aromatic rings. The van der Waals surface area contributed by atoms with Crippen LogP contribution in [0.4, 0.5) is 13.2 Å². The number of carbonyl (C=O) groups excluding carboxylic acids is 12. The molecule has 2 aliphatic carbocycles. The van der Waals surface area contributed by atoms with Crippen molar-refractivity contribution in [1.82, 2.24) is 60.0 Å². The molecular formula is C73H106ClF3N12O12. The molecule has 1 spiro atoms. The predicted molar refractivity (Wildman–Crippen MR) is 373 cm³/mol. The molecule has 2 saturated carbocycles. The zero-order valence-electron chi connectivity index (χ0n) is 61.3. The SMILES string of the molecule is CC[C@H](C)[C@@H]1NC(=O)[C@H](CC2CCCC2)N(C)C(=O)C[C@@H](C(=O)N(C)C)N(C)C(=O)[C@H]([C@@H](C)CC)N(C)C(=O)C2(CCCC2)NC(=O)[C@@H]2CCCN2C(=O)[C@H](CCc2ccc(C(F)(F)F)c(Cl)c2)NC(=O)CN(C)C(=O)[C@H](Cc2ccc(C)cc2)N(C)C(=O)[C@@H]2CCN2C(=O)[C@H](C)N(C)C1=O. The quantitative estimate of drug-likeness (QED) is 0.234. The maximum absolute atomic E-state index is 15.5. The fraction of sp³-hybridized carbons (Fsp3) is 0.671. The minimum Gasteiger partial charge on any atom is -0.347 e. The predicted octanol–water partition coefficient (Wildman–Crippen LogP) is 5.61. The molecule has 2 aromatic carbocycles. The van der Waals surface area contributed by atoms with Crippen molar-refractivity contribution in [3.8, 4) is 0 Å². The highest BCUT2D eigenvalue weighted by atomic mass is 35.5. The molecule has 5 aliphatic rings. The summed E-state index contributed by atoms with van der Waals surface area (Å²) >= 11 is 6.15. The van der Waals surface area contributed by atoms with Crippen molar-refractivity contribution in [2.24, 2.45) is 17.8 Å². The maximum atomic E-state index is 15.5. The van der Waals surface area contributed by atoms with Crippen molar-refractivity contribution < 1.29 is 70.7 Å². The molecule has 7 rings (SSSR count). The molecule has 24 nitrogen and oxygen atoms in total. The van der Waals surface area contributed by atoms with Gasteiger partial charge in [-0.05, 0) is 106 Å². The van der Waals surface area contributed by atoms with E-state index < -0.39 is 172 Å². The summed E-state index contributed by atoms with van der Waals surface area (Å²) in [6.45, 7) is 10.1. The molecule has 3 heterocycles. The van der Waals surface area contributed by atoms with E-state index in [2.05, 4.69) is 16.0 Å². The third-order valence-corrected chi connectivity index (χ3v) is 22.4. The van der Waals surface area contributed by atoms with Crippen LogP contribution in [-0.4, -0.2) is 251 Å². The van der Waals surface area contributed by atoms with Crippen molar-refractivity contribution in [2.45, 2.75) is 223 Å². The van der Waals surface area contributed by atoms with Crippen LogP contribution in [0.1, 0.15) is 160 Å². The molecule has 3 saturated heterocycles. The van der Waals surface area contributed by atoms with Gasteiger partial charge in [-0.2, -0.15) is 13.2 Å². The summed E-state index contributed by atoms with van der Waals surface area (Å²) in [5.74, 6) is -9.08. The van der Waals surface area contributed by atoms with E-state index in [1.165, 1.54) is 104 Å². The van der Waals surface area contributed by atoms with Crippen molar-refractivity contribution in [3.63, 3.8) is 0 Å². The average Bonchev–Trinajstić information content (AvgIpc) is 1.26. The molecule has 0 radical (unpaired) electrons. The number of nitrogens with zero attached hydrogens (tertiary/aromatic N) is 9. The zero-order valence-corrected chi connectivity index (χ0v) is 62.0. The highest BCUT2D eigenvalue weighted by molar-refractivity contribution is 6.31. The molecule has 3 N–H and O–H groups in total. The molecule has 3 aliphatic heterocycles. The Labute approximate surface area is 597 Å². The molecule has 5 fully saturated rings. The Morgan fingerprint density at radius 3 is 1.84 bits per heavy atom. The second-order valence-electron chi connectivity index (χ2n) is 29.2. The lowest BCUT2D eigenvalue weighted by Gasteiger charge is -2.45. The number of benzene rings is 2. The third-order valence-electron chi connectivity index (χ3n) is 22.1. The largest absolute Gasteiger partial charge is 0.417 e. The minimum atomic E-state index is -4.77. The van der Waals surface area contributed by atoms with Gasteiger partial charge in [0.1, 0.15) is 59.9 Å². The first-order chi connectivity index (χ1) is 47.5. The van der Waals surface area contributed by atoms with Crippen LogP contribution in [-0.2, 0) is 76.6 Å². The van der Waals surface area contributed by atoms with Gasteiger partial charge in [0.05, 0.1) is 23.6 Å². The Morgan fingerprint density at radius 2 is 1.27 bits per heavy atom. The highest BCUT2D eigenvalue weighted by Crippen LogP contribution is 2.38. The monoisotopic (exact) mass is 1430 g/mol. The number of hydrogen-bond donors (Lipinski definition) is 3. The summed E-state index contributed by atoms with van der Waals surface area (Å²) in [4.78, 5) is 191. The smallest absolute Gasteiger partial charge is 0.347 e.